The van der Waals surface area contributed by atoms with Crippen molar-refractivity contribution >= 4 is 51.7 Å². The van der Waals surface area contributed by atoms with Crippen molar-refractivity contribution in [2.75, 3.05) is 6.54 Å². The molecule has 20 heavy (non-hydrogen) atoms. The summed E-state index contributed by atoms with van der Waals surface area (Å²) in [7, 11) is 0. The minimum Gasteiger partial charge on any atom is -0.350 e. The molecule has 0 saturated carbocycles. The summed E-state index contributed by atoms with van der Waals surface area (Å²) in [6, 6.07) is 14.9. The number of hydrogen-bond donors (Lipinski definition) is 1. The normalized spacial score (nSPS) is 11.9. The largest absolute Gasteiger partial charge is 0.350 e. The van der Waals surface area contributed by atoms with Gasteiger partial charge in [-0.25, -0.2) is 0 Å². The second kappa shape index (κ2) is 7.29. The lowest BCUT2D eigenvalue weighted by Crippen LogP contribution is -2.27. The molecule has 0 aliphatic rings. The highest BCUT2D eigenvalue weighted by atomic mass is 127. The van der Waals surface area contributed by atoms with Crippen molar-refractivity contribution in [2.24, 2.45) is 0 Å². The van der Waals surface area contributed by atoms with E-state index in [2.05, 4.69) is 27.9 Å². The molecule has 1 amide bonds. The van der Waals surface area contributed by atoms with Gasteiger partial charge in [0.25, 0.3) is 5.91 Å². The van der Waals surface area contributed by atoms with E-state index >= 15 is 0 Å². The zero-order chi connectivity index (χ0) is 14.5. The summed E-state index contributed by atoms with van der Waals surface area (Å²) in [5.74, 6) is -0.168. The zero-order valence-electron chi connectivity index (χ0n) is 10.4. The summed E-state index contributed by atoms with van der Waals surface area (Å²) in [5, 5.41) is 3.12. The summed E-state index contributed by atoms with van der Waals surface area (Å²) in [6.07, 6.45) is 0. The predicted molar refractivity (Wildman–Crippen MR) is 91.5 cm³/mol. The molecule has 0 saturated heterocycles. The average molecular weight is 420 g/mol. The standard InChI is InChI=1S/C15H12Cl2INO/c16-11-6-7-14(18)12(8-11)15(20)19-9-13(17)10-4-2-1-3-5-10/h1-8,13H,9H2,(H,19,20). The minimum absolute atomic E-state index is 0.168. The van der Waals surface area contributed by atoms with Crippen molar-refractivity contribution in [1.29, 1.82) is 0 Å². The lowest BCUT2D eigenvalue weighted by molar-refractivity contribution is 0.0952. The van der Waals surface area contributed by atoms with Crippen molar-refractivity contribution in [1.82, 2.24) is 5.32 Å². The maximum atomic E-state index is 12.1. The van der Waals surface area contributed by atoms with E-state index in [0.717, 1.165) is 9.13 Å². The Morgan fingerprint density at radius 2 is 1.90 bits per heavy atom. The molecule has 1 unspecified atom stereocenters. The first-order valence-corrected chi connectivity index (χ1v) is 7.89. The maximum Gasteiger partial charge on any atom is 0.252 e. The molecule has 2 aromatic rings. The topological polar surface area (TPSA) is 29.1 Å². The number of carbonyl (C=O) groups is 1. The number of nitrogens with one attached hydrogen (secondary N) is 1. The lowest BCUT2D eigenvalue weighted by Gasteiger charge is -2.12. The van der Waals surface area contributed by atoms with Crippen LogP contribution in [-0.2, 0) is 0 Å². The van der Waals surface area contributed by atoms with Gasteiger partial charge in [-0.15, -0.1) is 11.6 Å². The minimum atomic E-state index is -0.253. The number of alkyl halides is 1. The van der Waals surface area contributed by atoms with Crippen LogP contribution in [-0.4, -0.2) is 12.5 Å². The summed E-state index contributed by atoms with van der Waals surface area (Å²) >= 11 is 14.3. The third-order valence-corrected chi connectivity index (χ3v) is 4.36. The van der Waals surface area contributed by atoms with Crippen LogP contribution in [0.4, 0.5) is 0 Å². The molecule has 0 aromatic heterocycles. The second-order valence-corrected chi connectivity index (χ2v) is 6.34. The van der Waals surface area contributed by atoms with Crippen LogP contribution in [0.2, 0.25) is 5.02 Å². The summed E-state index contributed by atoms with van der Waals surface area (Å²) < 4.78 is 0.857. The first kappa shape index (κ1) is 15.6. The fourth-order valence-electron chi connectivity index (χ4n) is 1.73. The fourth-order valence-corrected chi connectivity index (χ4v) is 2.70. The van der Waals surface area contributed by atoms with Crippen LogP contribution in [0.1, 0.15) is 21.3 Å². The number of carbonyl (C=O) groups excluding carboxylic acids is 1. The zero-order valence-corrected chi connectivity index (χ0v) is 14.1. The maximum absolute atomic E-state index is 12.1. The van der Waals surface area contributed by atoms with Crippen molar-refractivity contribution in [3.8, 4) is 0 Å². The van der Waals surface area contributed by atoms with Crippen molar-refractivity contribution in [2.45, 2.75) is 5.38 Å². The van der Waals surface area contributed by atoms with E-state index in [1.807, 2.05) is 36.4 Å². The van der Waals surface area contributed by atoms with Gasteiger partial charge in [-0.3, -0.25) is 4.79 Å². The van der Waals surface area contributed by atoms with Crippen LogP contribution < -0.4 is 5.32 Å². The Bertz CT molecular complexity index is 604. The Morgan fingerprint density at radius 3 is 2.60 bits per heavy atom. The molecule has 0 spiro atoms. The summed E-state index contributed by atoms with van der Waals surface area (Å²) in [5.41, 5.74) is 1.55. The van der Waals surface area contributed by atoms with E-state index in [1.54, 1.807) is 12.1 Å². The molecule has 104 valence electrons. The van der Waals surface area contributed by atoms with Gasteiger partial charge in [-0.2, -0.15) is 0 Å². The molecule has 0 aliphatic carbocycles. The molecule has 1 atom stereocenters. The van der Waals surface area contributed by atoms with Gasteiger partial charge in [-0.05, 0) is 46.4 Å². The molecule has 2 rings (SSSR count). The molecular weight excluding hydrogens is 408 g/mol. The highest BCUT2D eigenvalue weighted by molar-refractivity contribution is 14.1. The molecule has 2 aromatic carbocycles. The summed E-state index contributed by atoms with van der Waals surface area (Å²) in [6.45, 7) is 0.368. The molecule has 0 radical (unpaired) electrons. The Labute approximate surface area is 141 Å². The van der Waals surface area contributed by atoms with Gasteiger partial charge in [0.2, 0.25) is 0 Å². The summed E-state index contributed by atoms with van der Waals surface area (Å²) in [4.78, 5) is 12.1. The average Bonchev–Trinajstić information content (AvgIpc) is 2.47. The highest BCUT2D eigenvalue weighted by Gasteiger charge is 2.13. The third kappa shape index (κ3) is 4.11. The monoisotopic (exact) mass is 419 g/mol. The quantitative estimate of drug-likeness (QED) is 0.567. The van der Waals surface area contributed by atoms with Crippen molar-refractivity contribution in [3.63, 3.8) is 0 Å². The number of hydrogen-bond acceptors (Lipinski definition) is 1. The van der Waals surface area contributed by atoms with E-state index in [9.17, 15) is 4.79 Å². The van der Waals surface area contributed by atoms with Gasteiger partial charge in [0, 0.05) is 15.1 Å². The number of rotatable bonds is 4. The molecular formula is C15H12Cl2INO. The first-order chi connectivity index (χ1) is 9.58. The Kier molecular flexibility index (Phi) is 5.69. The van der Waals surface area contributed by atoms with Crippen LogP contribution in [0.3, 0.4) is 0 Å². The number of halogens is 3. The van der Waals surface area contributed by atoms with Crippen LogP contribution >= 0.6 is 45.8 Å². The Hall–Kier alpha value is -0.780. The third-order valence-electron chi connectivity index (χ3n) is 2.78. The van der Waals surface area contributed by atoms with Gasteiger partial charge in [0.15, 0.2) is 0 Å². The first-order valence-electron chi connectivity index (χ1n) is 6.00. The van der Waals surface area contributed by atoms with Crippen LogP contribution in [0.5, 0.6) is 0 Å². The van der Waals surface area contributed by atoms with Gasteiger partial charge >= 0.3 is 0 Å². The van der Waals surface area contributed by atoms with Crippen molar-refractivity contribution in [3.05, 3.63) is 68.3 Å². The van der Waals surface area contributed by atoms with Gasteiger partial charge in [-0.1, -0.05) is 41.9 Å². The molecule has 0 heterocycles. The molecule has 2 nitrogen and oxygen atoms in total. The molecule has 0 aliphatic heterocycles. The number of amides is 1. The van der Waals surface area contributed by atoms with Crippen LogP contribution in [0, 0.1) is 3.57 Å². The van der Waals surface area contributed by atoms with E-state index in [0.29, 0.717) is 17.1 Å². The van der Waals surface area contributed by atoms with Gasteiger partial charge < -0.3 is 5.32 Å². The van der Waals surface area contributed by atoms with E-state index in [1.165, 1.54) is 0 Å². The Balaban J connectivity index is 2.00. The molecule has 1 N–H and O–H groups in total. The van der Waals surface area contributed by atoms with Gasteiger partial charge in [0.1, 0.15) is 0 Å². The second-order valence-electron chi connectivity index (χ2n) is 4.21. The fraction of sp³-hybridized carbons (Fsp3) is 0.133. The van der Waals surface area contributed by atoms with E-state index < -0.39 is 0 Å². The SMILES string of the molecule is O=C(NCC(Cl)c1ccccc1)c1cc(Cl)ccc1I. The lowest BCUT2D eigenvalue weighted by atomic mass is 10.1. The van der Waals surface area contributed by atoms with Crippen LogP contribution in [0.15, 0.2) is 48.5 Å². The number of benzene rings is 2. The Morgan fingerprint density at radius 1 is 1.20 bits per heavy atom. The van der Waals surface area contributed by atoms with E-state index in [4.69, 9.17) is 23.2 Å². The van der Waals surface area contributed by atoms with Crippen molar-refractivity contribution < 1.29 is 4.79 Å². The van der Waals surface area contributed by atoms with Gasteiger partial charge in [0.05, 0.1) is 10.9 Å². The van der Waals surface area contributed by atoms with E-state index in [-0.39, 0.29) is 11.3 Å². The predicted octanol–water partition coefficient (Wildman–Crippen LogP) is 4.65. The van der Waals surface area contributed by atoms with Crippen LogP contribution in [0.25, 0.3) is 0 Å². The highest BCUT2D eigenvalue weighted by Crippen LogP contribution is 2.20. The molecule has 0 fully saturated rings. The smallest absolute Gasteiger partial charge is 0.252 e. The molecule has 0 bridgehead atoms. The molecule has 5 heteroatoms.